The van der Waals surface area contributed by atoms with Gasteiger partial charge in [-0.25, -0.2) is 0 Å². The van der Waals surface area contributed by atoms with Gasteiger partial charge >= 0.3 is 0 Å². The van der Waals surface area contributed by atoms with Crippen LogP contribution in [0.3, 0.4) is 0 Å². The van der Waals surface area contributed by atoms with Crippen LogP contribution in [0, 0.1) is 5.41 Å². The van der Waals surface area contributed by atoms with Crippen LogP contribution in [0.5, 0.6) is 0 Å². The lowest BCUT2D eigenvalue weighted by Crippen LogP contribution is -2.42. The lowest BCUT2D eigenvalue weighted by molar-refractivity contribution is 0.117. The van der Waals surface area contributed by atoms with Gasteiger partial charge in [0.15, 0.2) is 0 Å². The molecule has 0 aliphatic carbocycles. The molecule has 0 spiro atoms. The van der Waals surface area contributed by atoms with Crippen LogP contribution < -0.4 is 0 Å². The third kappa shape index (κ3) is 4.66. The average Bonchev–Trinajstić information content (AvgIpc) is 2.04. The number of rotatable bonds is 5. The van der Waals surface area contributed by atoms with E-state index in [0.29, 0.717) is 11.5 Å². The molecule has 13 heavy (non-hydrogen) atoms. The third-order valence-electron chi connectivity index (χ3n) is 3.01. The van der Waals surface area contributed by atoms with E-state index in [2.05, 4.69) is 46.4 Å². The van der Waals surface area contributed by atoms with Crippen molar-refractivity contribution in [1.82, 2.24) is 4.90 Å². The molecule has 0 heterocycles. The van der Waals surface area contributed by atoms with E-state index in [9.17, 15) is 0 Å². The smallest absolute Gasteiger partial charge is 0.0115 e. The number of unbranched alkanes of at least 4 members (excludes halogenated alkanes) is 1. The van der Waals surface area contributed by atoms with Gasteiger partial charge in [-0.2, -0.15) is 0 Å². The summed E-state index contributed by atoms with van der Waals surface area (Å²) in [5.74, 6) is 0. The van der Waals surface area contributed by atoms with Gasteiger partial charge in [-0.1, -0.05) is 41.0 Å². The van der Waals surface area contributed by atoms with E-state index in [1.807, 2.05) is 0 Å². The molecule has 0 saturated heterocycles. The fraction of sp³-hybridized carbons (Fsp3) is 1.00. The second-order valence-corrected chi connectivity index (χ2v) is 5.02. The van der Waals surface area contributed by atoms with Crippen LogP contribution in [0.2, 0.25) is 0 Å². The summed E-state index contributed by atoms with van der Waals surface area (Å²) in [6.45, 7) is 16.3. The fourth-order valence-corrected chi connectivity index (χ4v) is 1.53. The first kappa shape index (κ1) is 13.0. The maximum atomic E-state index is 2.59. The summed E-state index contributed by atoms with van der Waals surface area (Å²) in [5.41, 5.74) is 0.406. The van der Waals surface area contributed by atoms with Gasteiger partial charge in [0.05, 0.1) is 0 Å². The van der Waals surface area contributed by atoms with Gasteiger partial charge in [-0.3, -0.25) is 0 Å². The van der Waals surface area contributed by atoms with Gasteiger partial charge in [-0.05, 0) is 31.8 Å². The van der Waals surface area contributed by atoms with Crippen LogP contribution in [-0.2, 0) is 0 Å². The maximum absolute atomic E-state index is 2.59. The first-order valence-corrected chi connectivity index (χ1v) is 5.67. The molecule has 0 N–H and O–H groups in total. The van der Waals surface area contributed by atoms with Crippen molar-refractivity contribution in [3.63, 3.8) is 0 Å². The highest BCUT2D eigenvalue weighted by atomic mass is 15.1. The van der Waals surface area contributed by atoms with E-state index in [1.54, 1.807) is 0 Å². The molecule has 0 saturated carbocycles. The van der Waals surface area contributed by atoms with E-state index in [1.165, 1.54) is 25.9 Å². The van der Waals surface area contributed by atoms with Gasteiger partial charge in [0.1, 0.15) is 0 Å². The minimum Gasteiger partial charge on any atom is -0.300 e. The second kappa shape index (κ2) is 5.64. The van der Waals surface area contributed by atoms with Gasteiger partial charge in [0.2, 0.25) is 0 Å². The lowest BCUT2D eigenvalue weighted by Gasteiger charge is -2.37. The molecule has 0 rings (SSSR count). The van der Waals surface area contributed by atoms with Gasteiger partial charge < -0.3 is 4.90 Å². The van der Waals surface area contributed by atoms with Crippen molar-refractivity contribution in [2.24, 2.45) is 5.41 Å². The van der Waals surface area contributed by atoms with Gasteiger partial charge in [0, 0.05) is 6.04 Å². The molecule has 0 aromatic heterocycles. The van der Waals surface area contributed by atoms with E-state index in [4.69, 9.17) is 0 Å². The van der Waals surface area contributed by atoms with Crippen LogP contribution in [0.15, 0.2) is 0 Å². The Morgan fingerprint density at radius 1 is 1.15 bits per heavy atom. The summed E-state index contributed by atoms with van der Waals surface area (Å²) in [6.07, 6.45) is 2.63. The molecule has 0 fully saturated rings. The van der Waals surface area contributed by atoms with E-state index < -0.39 is 0 Å². The van der Waals surface area contributed by atoms with Crippen molar-refractivity contribution in [3.05, 3.63) is 0 Å². The highest BCUT2D eigenvalue weighted by molar-refractivity contribution is 4.78. The Bertz CT molecular complexity index is 124. The predicted octanol–water partition coefficient (Wildman–Crippen LogP) is 3.54. The average molecular weight is 185 g/mol. The topological polar surface area (TPSA) is 3.24 Å². The lowest BCUT2D eigenvalue weighted by atomic mass is 9.87. The Hall–Kier alpha value is -0.0400. The number of hydrogen-bond donors (Lipinski definition) is 0. The minimum atomic E-state index is 0.406. The number of nitrogens with zero attached hydrogens (tertiary/aromatic N) is 1. The highest BCUT2D eigenvalue weighted by Gasteiger charge is 2.24. The Morgan fingerprint density at radius 3 is 2.00 bits per heavy atom. The van der Waals surface area contributed by atoms with Crippen LogP contribution in [0.1, 0.15) is 54.4 Å². The molecule has 0 aliphatic rings. The minimum absolute atomic E-state index is 0.406. The van der Waals surface area contributed by atoms with Gasteiger partial charge in [-0.15, -0.1) is 0 Å². The van der Waals surface area contributed by atoms with Crippen LogP contribution >= 0.6 is 0 Å². The van der Waals surface area contributed by atoms with Crippen molar-refractivity contribution >= 4 is 0 Å². The zero-order valence-electron chi connectivity index (χ0n) is 10.4. The standard InChI is InChI=1S/C12H27N/c1-7-9-10-13(8-2)11(3)12(4,5)6/h11H,7-10H2,1-6H3. The van der Waals surface area contributed by atoms with Gasteiger partial charge in [0.25, 0.3) is 0 Å². The molecular formula is C12H27N. The molecular weight excluding hydrogens is 158 g/mol. The van der Waals surface area contributed by atoms with Crippen molar-refractivity contribution in [2.75, 3.05) is 13.1 Å². The maximum Gasteiger partial charge on any atom is 0.0115 e. The SMILES string of the molecule is CCCCN(CC)C(C)C(C)(C)C. The van der Waals surface area contributed by atoms with Crippen LogP contribution in [-0.4, -0.2) is 24.0 Å². The molecule has 0 radical (unpaired) electrons. The Labute approximate surface area is 84.5 Å². The Morgan fingerprint density at radius 2 is 1.69 bits per heavy atom. The molecule has 1 unspecified atom stereocenters. The summed E-state index contributed by atoms with van der Waals surface area (Å²) in [7, 11) is 0. The molecule has 0 aromatic rings. The first-order chi connectivity index (χ1) is 5.93. The quantitative estimate of drug-likeness (QED) is 0.633. The summed E-state index contributed by atoms with van der Waals surface area (Å²) < 4.78 is 0. The molecule has 1 heteroatoms. The summed E-state index contributed by atoms with van der Waals surface area (Å²) in [4.78, 5) is 2.59. The van der Waals surface area contributed by atoms with E-state index in [0.717, 1.165) is 0 Å². The molecule has 0 bridgehead atoms. The summed E-state index contributed by atoms with van der Waals surface area (Å²) >= 11 is 0. The molecule has 1 nitrogen and oxygen atoms in total. The predicted molar refractivity (Wildman–Crippen MR) is 61.1 cm³/mol. The summed E-state index contributed by atoms with van der Waals surface area (Å²) in [6, 6.07) is 0.684. The normalized spacial score (nSPS) is 15.0. The Kier molecular flexibility index (Phi) is 5.62. The fourth-order valence-electron chi connectivity index (χ4n) is 1.53. The molecule has 0 aromatic carbocycles. The molecule has 0 amide bonds. The first-order valence-electron chi connectivity index (χ1n) is 5.67. The molecule has 1 atom stereocenters. The summed E-state index contributed by atoms with van der Waals surface area (Å²) in [5, 5.41) is 0. The van der Waals surface area contributed by atoms with Crippen molar-refractivity contribution in [1.29, 1.82) is 0 Å². The van der Waals surface area contributed by atoms with Crippen LogP contribution in [0.4, 0.5) is 0 Å². The number of hydrogen-bond acceptors (Lipinski definition) is 1. The van der Waals surface area contributed by atoms with Crippen LogP contribution in [0.25, 0.3) is 0 Å². The molecule has 0 aliphatic heterocycles. The van der Waals surface area contributed by atoms with Crippen molar-refractivity contribution in [3.8, 4) is 0 Å². The third-order valence-corrected chi connectivity index (χ3v) is 3.01. The monoisotopic (exact) mass is 185 g/mol. The zero-order valence-corrected chi connectivity index (χ0v) is 10.4. The van der Waals surface area contributed by atoms with Crippen molar-refractivity contribution < 1.29 is 0 Å². The largest absolute Gasteiger partial charge is 0.300 e. The Balaban J connectivity index is 4.07. The zero-order chi connectivity index (χ0) is 10.5. The van der Waals surface area contributed by atoms with E-state index >= 15 is 0 Å². The highest BCUT2D eigenvalue weighted by Crippen LogP contribution is 2.23. The molecule has 80 valence electrons. The second-order valence-electron chi connectivity index (χ2n) is 5.02. The van der Waals surface area contributed by atoms with E-state index in [-0.39, 0.29) is 0 Å². The van der Waals surface area contributed by atoms with Crippen molar-refractivity contribution in [2.45, 2.75) is 60.4 Å².